The van der Waals surface area contributed by atoms with Crippen LogP contribution in [0, 0.1) is 11.8 Å². The predicted molar refractivity (Wildman–Crippen MR) is 43.0 cm³/mol. The van der Waals surface area contributed by atoms with Gasteiger partial charge in [0, 0.05) is 0 Å². The quantitative estimate of drug-likeness (QED) is 0.605. The van der Waals surface area contributed by atoms with Crippen molar-refractivity contribution < 1.29 is 31.1 Å². The number of alkyl halides is 6. The summed E-state index contributed by atoms with van der Waals surface area (Å²) in [5.74, 6) is -5.00. The van der Waals surface area contributed by atoms with E-state index in [2.05, 4.69) is 9.73 Å². The third kappa shape index (κ3) is 2.79. The molecule has 0 aromatic carbocycles. The number of halogens is 6. The summed E-state index contributed by atoms with van der Waals surface area (Å²) < 4.78 is 78.4. The van der Waals surface area contributed by atoms with Crippen LogP contribution in [0.15, 0.2) is 4.99 Å². The van der Waals surface area contributed by atoms with Crippen LogP contribution in [0.5, 0.6) is 0 Å². The molecule has 1 rings (SSSR count). The largest absolute Gasteiger partial charge is 0.484 e. The zero-order valence-electron chi connectivity index (χ0n) is 8.19. The van der Waals surface area contributed by atoms with E-state index < -0.39 is 43.1 Å². The molecule has 2 nitrogen and oxygen atoms in total. The first-order chi connectivity index (χ1) is 7.16. The van der Waals surface area contributed by atoms with Crippen molar-refractivity contribution in [3.8, 4) is 0 Å². The van der Waals surface area contributed by atoms with E-state index in [1.54, 1.807) is 0 Å². The van der Waals surface area contributed by atoms with Crippen LogP contribution in [0.25, 0.3) is 0 Å². The Balaban J connectivity index is 2.90. The van der Waals surface area contributed by atoms with E-state index in [0.717, 1.165) is 7.11 Å². The topological polar surface area (TPSA) is 21.6 Å². The van der Waals surface area contributed by atoms with E-state index in [1.807, 2.05) is 0 Å². The molecule has 2 atom stereocenters. The summed E-state index contributed by atoms with van der Waals surface area (Å²) in [6.45, 7) is -0.709. The number of hydrogen-bond acceptors (Lipinski definition) is 2. The SMILES string of the molecule is COC1=NCC(C(F)(F)F)CC1C(F)(F)F. The van der Waals surface area contributed by atoms with E-state index in [9.17, 15) is 26.3 Å². The number of nitrogens with zero attached hydrogens (tertiary/aromatic N) is 1. The predicted octanol–water partition coefficient (Wildman–Crippen LogP) is 2.79. The van der Waals surface area contributed by atoms with E-state index >= 15 is 0 Å². The van der Waals surface area contributed by atoms with Gasteiger partial charge >= 0.3 is 12.4 Å². The van der Waals surface area contributed by atoms with Gasteiger partial charge < -0.3 is 4.74 Å². The van der Waals surface area contributed by atoms with Crippen molar-refractivity contribution in [3.05, 3.63) is 0 Å². The normalized spacial score (nSPS) is 27.6. The summed E-state index contributed by atoms with van der Waals surface area (Å²) in [4.78, 5) is 3.20. The third-order valence-corrected chi connectivity index (χ3v) is 2.35. The van der Waals surface area contributed by atoms with Crippen molar-refractivity contribution >= 4 is 5.90 Å². The van der Waals surface area contributed by atoms with Gasteiger partial charge in [0.05, 0.1) is 19.6 Å². The van der Waals surface area contributed by atoms with Crippen LogP contribution in [0.3, 0.4) is 0 Å². The monoisotopic (exact) mass is 249 g/mol. The maximum absolute atomic E-state index is 12.4. The first kappa shape index (κ1) is 13.1. The molecular formula is C8H9F6NO. The second-order valence-corrected chi connectivity index (χ2v) is 3.45. The Morgan fingerprint density at radius 3 is 2.06 bits per heavy atom. The van der Waals surface area contributed by atoms with Gasteiger partial charge in [-0.2, -0.15) is 26.3 Å². The molecule has 8 heteroatoms. The molecular weight excluding hydrogens is 240 g/mol. The second kappa shape index (κ2) is 4.14. The highest BCUT2D eigenvalue weighted by Gasteiger charge is 2.52. The first-order valence-electron chi connectivity index (χ1n) is 4.38. The van der Waals surface area contributed by atoms with E-state index in [0.29, 0.717) is 0 Å². The van der Waals surface area contributed by atoms with Crippen molar-refractivity contribution in [1.29, 1.82) is 0 Å². The molecule has 1 heterocycles. The molecule has 0 aromatic rings. The highest BCUT2D eigenvalue weighted by atomic mass is 19.4. The van der Waals surface area contributed by atoms with Crippen LogP contribution in [-0.2, 0) is 4.74 Å². The molecule has 0 saturated heterocycles. The van der Waals surface area contributed by atoms with Crippen molar-refractivity contribution in [2.24, 2.45) is 16.8 Å². The van der Waals surface area contributed by atoms with Gasteiger partial charge in [0.1, 0.15) is 5.92 Å². The lowest BCUT2D eigenvalue weighted by Crippen LogP contribution is -2.41. The number of hydrogen-bond donors (Lipinski definition) is 0. The van der Waals surface area contributed by atoms with Gasteiger partial charge in [0.2, 0.25) is 0 Å². The van der Waals surface area contributed by atoms with Crippen LogP contribution in [0.1, 0.15) is 6.42 Å². The van der Waals surface area contributed by atoms with E-state index in [-0.39, 0.29) is 0 Å². The molecule has 0 fully saturated rings. The molecule has 0 saturated carbocycles. The van der Waals surface area contributed by atoms with Gasteiger partial charge in [0.15, 0.2) is 5.90 Å². The van der Waals surface area contributed by atoms with Gasteiger partial charge in [-0.3, -0.25) is 4.99 Å². The maximum atomic E-state index is 12.4. The zero-order chi connectivity index (χ0) is 12.6. The minimum absolute atomic E-state index is 0.673. The summed E-state index contributed by atoms with van der Waals surface area (Å²) >= 11 is 0. The fourth-order valence-electron chi connectivity index (χ4n) is 1.49. The van der Waals surface area contributed by atoms with Crippen molar-refractivity contribution in [1.82, 2.24) is 0 Å². The molecule has 0 amide bonds. The zero-order valence-corrected chi connectivity index (χ0v) is 8.19. The summed E-state index contributed by atoms with van der Waals surface area (Å²) in [6.07, 6.45) is -10.5. The van der Waals surface area contributed by atoms with Crippen molar-refractivity contribution in [2.75, 3.05) is 13.7 Å². The molecule has 0 spiro atoms. The number of methoxy groups -OCH3 is 1. The number of aliphatic imine (C=N–C) groups is 1. The Bertz CT molecular complexity index is 281. The molecule has 0 radical (unpaired) electrons. The Kier molecular flexibility index (Phi) is 3.39. The average Bonchev–Trinajstić information content (AvgIpc) is 2.14. The standard InChI is InChI=1S/C8H9F6NO/c1-16-6-5(8(12,13)14)2-4(3-15-6)7(9,10)11/h4-5H,2-3H2,1H3. The maximum Gasteiger partial charge on any atom is 0.400 e. The minimum Gasteiger partial charge on any atom is -0.484 e. The Labute approximate surface area is 87.3 Å². The van der Waals surface area contributed by atoms with Gasteiger partial charge in [-0.25, -0.2) is 0 Å². The van der Waals surface area contributed by atoms with Gasteiger partial charge in [-0.05, 0) is 6.42 Å². The molecule has 0 aromatic heterocycles. The van der Waals surface area contributed by atoms with Crippen LogP contribution < -0.4 is 0 Å². The summed E-state index contributed by atoms with van der Waals surface area (Å²) in [7, 11) is 0.964. The smallest absolute Gasteiger partial charge is 0.400 e. The molecule has 1 aliphatic rings. The van der Waals surface area contributed by atoms with Gasteiger partial charge in [-0.15, -0.1) is 0 Å². The highest BCUT2D eigenvalue weighted by molar-refractivity contribution is 5.80. The Morgan fingerprint density at radius 2 is 1.69 bits per heavy atom. The average molecular weight is 249 g/mol. The first-order valence-corrected chi connectivity index (χ1v) is 4.38. The fraction of sp³-hybridized carbons (Fsp3) is 0.875. The summed E-state index contributed by atoms with van der Waals surface area (Å²) in [5, 5.41) is 0. The molecule has 94 valence electrons. The molecule has 0 N–H and O–H groups in total. The number of rotatable bonds is 0. The van der Waals surface area contributed by atoms with E-state index in [1.165, 1.54) is 0 Å². The van der Waals surface area contributed by atoms with Crippen LogP contribution in [-0.4, -0.2) is 31.9 Å². The molecule has 0 aliphatic carbocycles. The second-order valence-electron chi connectivity index (χ2n) is 3.45. The van der Waals surface area contributed by atoms with Gasteiger partial charge in [-0.1, -0.05) is 0 Å². The van der Waals surface area contributed by atoms with Crippen molar-refractivity contribution in [3.63, 3.8) is 0 Å². The van der Waals surface area contributed by atoms with Crippen LogP contribution in [0.2, 0.25) is 0 Å². The number of ether oxygens (including phenoxy) is 1. The Hall–Kier alpha value is -0.950. The molecule has 2 unspecified atom stereocenters. The lowest BCUT2D eigenvalue weighted by Gasteiger charge is -2.30. The highest BCUT2D eigenvalue weighted by Crippen LogP contribution is 2.40. The summed E-state index contributed by atoms with van der Waals surface area (Å²) in [6, 6.07) is 0. The van der Waals surface area contributed by atoms with Crippen LogP contribution >= 0.6 is 0 Å². The third-order valence-electron chi connectivity index (χ3n) is 2.35. The lowest BCUT2D eigenvalue weighted by molar-refractivity contribution is -0.201. The van der Waals surface area contributed by atoms with Gasteiger partial charge in [0.25, 0.3) is 0 Å². The Morgan fingerprint density at radius 1 is 1.12 bits per heavy atom. The minimum atomic E-state index is -4.77. The molecule has 0 bridgehead atoms. The van der Waals surface area contributed by atoms with E-state index in [4.69, 9.17) is 0 Å². The molecule has 1 aliphatic heterocycles. The lowest BCUT2D eigenvalue weighted by atomic mass is 9.90. The fourth-order valence-corrected chi connectivity index (χ4v) is 1.49. The molecule has 16 heavy (non-hydrogen) atoms. The van der Waals surface area contributed by atoms with Crippen molar-refractivity contribution in [2.45, 2.75) is 18.8 Å². The van der Waals surface area contributed by atoms with Crippen LogP contribution in [0.4, 0.5) is 26.3 Å². The summed E-state index contributed by atoms with van der Waals surface area (Å²) in [5.41, 5.74) is 0.